The van der Waals surface area contributed by atoms with Crippen LogP contribution in [0.5, 0.6) is 0 Å². The molecule has 0 radical (unpaired) electrons. The van der Waals surface area contributed by atoms with Crippen molar-refractivity contribution >= 4 is 48.6 Å². The summed E-state index contributed by atoms with van der Waals surface area (Å²) in [5.74, 6) is -1.28. The molecular formula is C22H15N2NaO7S2. The first-order valence-electron chi connectivity index (χ1n) is 9.31. The summed E-state index contributed by atoms with van der Waals surface area (Å²) in [6.07, 6.45) is 0. The number of rotatable bonds is 5. The summed E-state index contributed by atoms with van der Waals surface area (Å²) in [6, 6.07) is 12.1. The number of nitrogens with one attached hydrogen (secondary N) is 1. The molecule has 9 nitrogen and oxygen atoms in total. The van der Waals surface area contributed by atoms with Gasteiger partial charge in [-0.05, 0) is 30.3 Å². The fourth-order valence-electron chi connectivity index (χ4n) is 3.58. The number of ketones is 2. The number of carbonyl (C=O) groups excluding carboxylic acids is 2. The summed E-state index contributed by atoms with van der Waals surface area (Å²) in [6.45, 7) is 3.25. The van der Waals surface area contributed by atoms with Crippen molar-refractivity contribution in [3.05, 3.63) is 88.8 Å². The van der Waals surface area contributed by atoms with Crippen molar-refractivity contribution in [3.63, 3.8) is 0 Å². The zero-order valence-electron chi connectivity index (χ0n) is 17.7. The molecular weight excluding hydrogens is 491 g/mol. The summed E-state index contributed by atoms with van der Waals surface area (Å²) in [5, 5.41) is 3.59. The van der Waals surface area contributed by atoms with E-state index in [-0.39, 0.29) is 68.1 Å². The van der Waals surface area contributed by atoms with Gasteiger partial charge in [-0.15, -0.1) is 0 Å². The molecule has 0 atom stereocenters. The number of hydrogen-bond donors (Lipinski definition) is 2. The Morgan fingerprint density at radius 1 is 0.882 bits per heavy atom. The molecule has 0 saturated carbocycles. The van der Waals surface area contributed by atoms with Crippen LogP contribution < -0.4 is 40.6 Å². The van der Waals surface area contributed by atoms with Gasteiger partial charge in [-0.3, -0.25) is 9.59 Å². The van der Waals surface area contributed by atoms with E-state index < -0.39 is 42.1 Å². The van der Waals surface area contributed by atoms with Gasteiger partial charge in [0.05, 0.1) is 32.3 Å². The van der Waals surface area contributed by atoms with Crippen LogP contribution in [-0.2, 0) is 20.0 Å². The molecule has 0 saturated heterocycles. The standard InChI is InChI=1S/C22H16N2O7S2.Na/c1-2-32(27,28)13-9-7-12(8-10-13)24-16-11-17(33(29,30)31)20(23)19-18(16)21(25)14-5-3-4-6-15(14)22(19)26;/h2-11,24H,1,23H2,(H,29,30,31);/q;+1/p-1. The predicted octanol–water partition coefficient (Wildman–Crippen LogP) is -0.387. The maximum Gasteiger partial charge on any atom is 1.00 e. The van der Waals surface area contributed by atoms with Crippen LogP contribution in [0.4, 0.5) is 17.1 Å². The molecule has 1 aliphatic rings. The first kappa shape index (κ1) is 25.8. The normalized spacial score (nSPS) is 12.9. The zero-order chi connectivity index (χ0) is 24.1. The van der Waals surface area contributed by atoms with Crippen LogP contribution in [0.3, 0.4) is 0 Å². The number of hydrogen-bond acceptors (Lipinski definition) is 9. The summed E-state index contributed by atoms with van der Waals surface area (Å²) in [4.78, 5) is 25.5. The van der Waals surface area contributed by atoms with Crippen molar-refractivity contribution in [2.45, 2.75) is 9.79 Å². The number of nitrogens with two attached hydrogens (primary N) is 1. The minimum Gasteiger partial charge on any atom is -0.744 e. The fraction of sp³-hybridized carbons (Fsp3) is 0. The van der Waals surface area contributed by atoms with E-state index >= 15 is 0 Å². The van der Waals surface area contributed by atoms with Crippen LogP contribution in [-0.4, -0.2) is 33.0 Å². The molecule has 0 fully saturated rings. The molecule has 3 aromatic rings. The predicted molar refractivity (Wildman–Crippen MR) is 119 cm³/mol. The van der Waals surface area contributed by atoms with Crippen LogP contribution in [0.25, 0.3) is 0 Å². The van der Waals surface area contributed by atoms with E-state index in [1.807, 2.05) is 0 Å². The maximum atomic E-state index is 13.2. The number of sulfone groups is 1. The SMILES string of the molecule is C=CS(=O)(=O)c1ccc(Nc2cc(S(=O)(=O)[O-])c(N)c3c2C(=O)c2ccccc2C3=O)cc1.[Na+]. The molecule has 0 unspecified atom stereocenters. The van der Waals surface area contributed by atoms with Crippen molar-refractivity contribution < 1.29 is 60.5 Å². The summed E-state index contributed by atoms with van der Waals surface area (Å²) < 4.78 is 59.3. The van der Waals surface area contributed by atoms with E-state index in [0.717, 1.165) is 11.5 Å². The van der Waals surface area contributed by atoms with E-state index in [0.29, 0.717) is 0 Å². The Labute approximate surface area is 217 Å². The monoisotopic (exact) mass is 506 g/mol. The molecule has 0 amide bonds. The van der Waals surface area contributed by atoms with Gasteiger partial charge < -0.3 is 15.6 Å². The molecule has 3 N–H and O–H groups in total. The minimum atomic E-state index is -5.10. The topological polar surface area (TPSA) is 164 Å². The summed E-state index contributed by atoms with van der Waals surface area (Å²) >= 11 is 0. The van der Waals surface area contributed by atoms with Crippen LogP contribution in [0, 0.1) is 0 Å². The van der Waals surface area contributed by atoms with Crippen LogP contribution in [0.2, 0.25) is 0 Å². The van der Waals surface area contributed by atoms with Gasteiger partial charge in [-0.2, -0.15) is 0 Å². The molecule has 4 rings (SSSR count). The average Bonchev–Trinajstić information content (AvgIpc) is 2.78. The molecule has 0 aromatic heterocycles. The van der Waals surface area contributed by atoms with Crippen molar-refractivity contribution in [1.82, 2.24) is 0 Å². The van der Waals surface area contributed by atoms with Gasteiger partial charge in [-0.25, -0.2) is 16.8 Å². The van der Waals surface area contributed by atoms with Gasteiger partial charge in [0.2, 0.25) is 0 Å². The third-order valence-electron chi connectivity index (χ3n) is 5.15. The Morgan fingerprint density at radius 2 is 1.41 bits per heavy atom. The molecule has 0 heterocycles. The summed E-state index contributed by atoms with van der Waals surface area (Å²) in [5.41, 5.74) is 4.97. The van der Waals surface area contributed by atoms with E-state index in [1.165, 1.54) is 42.5 Å². The number of anilines is 3. The van der Waals surface area contributed by atoms with Crippen molar-refractivity contribution in [3.8, 4) is 0 Å². The Balaban J connectivity index is 0.00000324. The number of nitrogen functional groups attached to an aromatic ring is 1. The van der Waals surface area contributed by atoms with Gasteiger partial charge in [0.1, 0.15) is 10.1 Å². The van der Waals surface area contributed by atoms with Crippen LogP contribution in [0.1, 0.15) is 31.8 Å². The number of fused-ring (bicyclic) bond motifs is 2. The van der Waals surface area contributed by atoms with Crippen LogP contribution in [0.15, 0.2) is 76.4 Å². The molecule has 3 aromatic carbocycles. The third-order valence-corrected chi connectivity index (χ3v) is 7.40. The zero-order valence-corrected chi connectivity index (χ0v) is 21.4. The third kappa shape index (κ3) is 4.33. The van der Waals surface area contributed by atoms with E-state index in [9.17, 15) is 31.0 Å². The maximum absolute atomic E-state index is 13.2. The van der Waals surface area contributed by atoms with E-state index in [1.54, 1.807) is 6.07 Å². The largest absolute Gasteiger partial charge is 1.00 e. The number of benzene rings is 3. The van der Waals surface area contributed by atoms with Crippen molar-refractivity contribution in [2.24, 2.45) is 0 Å². The van der Waals surface area contributed by atoms with Gasteiger partial charge >= 0.3 is 29.6 Å². The van der Waals surface area contributed by atoms with E-state index in [2.05, 4.69) is 11.9 Å². The number of carbonyl (C=O) groups is 2. The molecule has 1 aliphatic carbocycles. The molecule has 0 bridgehead atoms. The van der Waals surface area contributed by atoms with Crippen molar-refractivity contribution in [1.29, 1.82) is 0 Å². The first-order chi connectivity index (χ1) is 15.5. The average molecular weight is 506 g/mol. The smallest absolute Gasteiger partial charge is 0.744 e. The van der Waals surface area contributed by atoms with Gasteiger partial charge in [0.15, 0.2) is 21.4 Å². The molecule has 168 valence electrons. The second-order valence-corrected chi connectivity index (χ2v) is 10.3. The first-order valence-corrected chi connectivity index (χ1v) is 12.3. The molecule has 12 heteroatoms. The van der Waals surface area contributed by atoms with Gasteiger partial charge in [0.25, 0.3) is 0 Å². The van der Waals surface area contributed by atoms with Crippen LogP contribution >= 0.6 is 0 Å². The Kier molecular flexibility index (Phi) is 6.91. The Bertz CT molecular complexity index is 1580. The van der Waals surface area contributed by atoms with E-state index in [4.69, 9.17) is 5.73 Å². The van der Waals surface area contributed by atoms with Gasteiger partial charge in [-0.1, -0.05) is 30.8 Å². The molecule has 0 spiro atoms. The second kappa shape index (κ2) is 9.10. The van der Waals surface area contributed by atoms with Crippen molar-refractivity contribution in [2.75, 3.05) is 11.1 Å². The minimum absolute atomic E-state index is 0. The van der Waals surface area contributed by atoms with Gasteiger partial charge in [0, 0.05) is 22.2 Å². The molecule has 34 heavy (non-hydrogen) atoms. The summed E-state index contributed by atoms with van der Waals surface area (Å²) in [7, 11) is -8.78. The Morgan fingerprint density at radius 3 is 1.91 bits per heavy atom. The second-order valence-electron chi connectivity index (χ2n) is 7.10. The quantitative estimate of drug-likeness (QED) is 0.208. The Hall–Kier alpha value is -2.80. The fourth-order valence-corrected chi connectivity index (χ4v) is 4.92. The molecule has 0 aliphatic heterocycles.